The SMILES string of the molecule is CC(O)C(Cl)NC(N)=S. The number of hydrogen-bond donors (Lipinski definition) is 3. The number of nitrogens with one attached hydrogen (secondary N) is 1. The Morgan fingerprint density at radius 1 is 1.89 bits per heavy atom. The van der Waals surface area contributed by atoms with Crippen molar-refractivity contribution in [2.24, 2.45) is 5.73 Å². The van der Waals surface area contributed by atoms with E-state index in [2.05, 4.69) is 17.5 Å². The van der Waals surface area contributed by atoms with Gasteiger partial charge >= 0.3 is 0 Å². The summed E-state index contributed by atoms with van der Waals surface area (Å²) in [4.78, 5) is 0. The summed E-state index contributed by atoms with van der Waals surface area (Å²) in [5.41, 5.74) is 4.46. The maximum absolute atomic E-state index is 8.76. The average Bonchev–Trinajstić information content (AvgIpc) is 1.63. The van der Waals surface area contributed by atoms with Crippen LogP contribution in [0.25, 0.3) is 0 Å². The Balaban J connectivity index is 3.50. The molecule has 4 N–H and O–H groups in total. The minimum Gasteiger partial charge on any atom is -0.390 e. The molecule has 0 aliphatic rings. The van der Waals surface area contributed by atoms with Crippen molar-refractivity contribution >= 4 is 28.9 Å². The highest BCUT2D eigenvalue weighted by Gasteiger charge is 2.09. The standard InChI is InChI=1S/C4H9ClN2OS/c1-2(8)3(5)7-4(6)9/h2-3,8H,1H3,(H3,6,7,9). The van der Waals surface area contributed by atoms with Crippen LogP contribution in [0.4, 0.5) is 0 Å². The minimum atomic E-state index is -0.659. The van der Waals surface area contributed by atoms with E-state index in [9.17, 15) is 0 Å². The lowest BCUT2D eigenvalue weighted by atomic mass is 10.4. The van der Waals surface area contributed by atoms with Gasteiger partial charge in [-0.15, -0.1) is 0 Å². The summed E-state index contributed by atoms with van der Waals surface area (Å²) < 4.78 is 0. The molecular formula is C4H9ClN2OS. The molecule has 0 bridgehead atoms. The average molecular weight is 169 g/mol. The predicted octanol–water partition coefficient (Wildman–Crippen LogP) is -0.235. The first-order chi connectivity index (χ1) is 4.04. The van der Waals surface area contributed by atoms with Crippen LogP contribution in [0.15, 0.2) is 0 Å². The number of halogens is 1. The Labute approximate surface area is 64.2 Å². The molecule has 0 fully saturated rings. The Morgan fingerprint density at radius 3 is 2.44 bits per heavy atom. The van der Waals surface area contributed by atoms with Crippen molar-refractivity contribution in [2.75, 3.05) is 0 Å². The van der Waals surface area contributed by atoms with Crippen LogP contribution in [0.3, 0.4) is 0 Å². The summed E-state index contributed by atoms with van der Waals surface area (Å²) in [6, 6.07) is 0. The molecule has 0 heterocycles. The van der Waals surface area contributed by atoms with Crippen LogP contribution >= 0.6 is 23.8 Å². The Hall–Kier alpha value is -0.0600. The molecule has 3 nitrogen and oxygen atoms in total. The van der Waals surface area contributed by atoms with E-state index >= 15 is 0 Å². The van der Waals surface area contributed by atoms with Crippen LogP contribution in [0.5, 0.6) is 0 Å². The fourth-order valence-corrected chi connectivity index (χ4v) is 0.566. The van der Waals surface area contributed by atoms with Gasteiger partial charge in [-0.05, 0) is 19.1 Å². The van der Waals surface area contributed by atoms with Gasteiger partial charge in [-0.25, -0.2) is 0 Å². The molecule has 5 heteroatoms. The first kappa shape index (κ1) is 8.94. The van der Waals surface area contributed by atoms with Crippen LogP contribution in [-0.2, 0) is 0 Å². The van der Waals surface area contributed by atoms with Crippen molar-refractivity contribution < 1.29 is 5.11 Å². The third-order valence-electron chi connectivity index (χ3n) is 0.704. The van der Waals surface area contributed by atoms with Crippen molar-refractivity contribution in [1.82, 2.24) is 5.32 Å². The first-order valence-corrected chi connectivity index (χ1v) is 3.26. The molecule has 0 saturated heterocycles. The zero-order valence-corrected chi connectivity index (χ0v) is 6.54. The highest BCUT2D eigenvalue weighted by atomic mass is 35.5. The summed E-state index contributed by atoms with van der Waals surface area (Å²) >= 11 is 9.94. The number of aliphatic hydroxyl groups excluding tert-OH is 1. The van der Waals surface area contributed by atoms with Crippen molar-refractivity contribution in [3.8, 4) is 0 Å². The lowest BCUT2D eigenvalue weighted by Gasteiger charge is -2.13. The fraction of sp³-hybridized carbons (Fsp3) is 0.750. The molecule has 0 aromatic carbocycles. The molecule has 2 unspecified atom stereocenters. The number of nitrogens with two attached hydrogens (primary N) is 1. The van der Waals surface area contributed by atoms with Gasteiger partial charge in [0.05, 0.1) is 6.10 Å². The monoisotopic (exact) mass is 168 g/mol. The normalized spacial score (nSPS) is 16.3. The summed E-state index contributed by atoms with van der Waals surface area (Å²) in [6.07, 6.45) is -0.659. The molecule has 2 atom stereocenters. The summed E-state index contributed by atoms with van der Waals surface area (Å²) in [5.74, 6) is 0. The fourth-order valence-electron chi connectivity index (χ4n) is 0.257. The molecule has 0 amide bonds. The summed E-state index contributed by atoms with van der Waals surface area (Å²) in [7, 11) is 0. The number of thiocarbonyl (C=S) groups is 1. The van der Waals surface area contributed by atoms with Crippen LogP contribution in [0, 0.1) is 0 Å². The van der Waals surface area contributed by atoms with Crippen molar-refractivity contribution in [3.05, 3.63) is 0 Å². The maximum Gasteiger partial charge on any atom is 0.164 e. The Morgan fingerprint density at radius 2 is 2.33 bits per heavy atom. The van der Waals surface area contributed by atoms with Gasteiger partial charge in [0.15, 0.2) is 5.11 Å². The van der Waals surface area contributed by atoms with Crippen LogP contribution in [-0.4, -0.2) is 21.8 Å². The van der Waals surface area contributed by atoms with Crippen LogP contribution in [0.2, 0.25) is 0 Å². The summed E-state index contributed by atoms with van der Waals surface area (Å²) in [5, 5.41) is 11.3. The maximum atomic E-state index is 8.76. The molecule has 0 aromatic rings. The third-order valence-corrected chi connectivity index (χ3v) is 1.30. The predicted molar refractivity (Wildman–Crippen MR) is 41.2 cm³/mol. The molecule has 0 aliphatic carbocycles. The smallest absolute Gasteiger partial charge is 0.164 e. The lowest BCUT2D eigenvalue weighted by molar-refractivity contribution is 0.184. The second-order valence-electron chi connectivity index (χ2n) is 1.65. The van der Waals surface area contributed by atoms with Crippen molar-refractivity contribution in [2.45, 2.75) is 18.5 Å². The molecule has 0 spiro atoms. The van der Waals surface area contributed by atoms with E-state index in [0.29, 0.717) is 0 Å². The molecule has 0 radical (unpaired) electrons. The van der Waals surface area contributed by atoms with E-state index in [1.807, 2.05) is 0 Å². The van der Waals surface area contributed by atoms with E-state index in [4.69, 9.17) is 22.4 Å². The van der Waals surface area contributed by atoms with Crippen molar-refractivity contribution in [3.63, 3.8) is 0 Å². The Bertz CT molecular complexity index is 109. The zero-order valence-electron chi connectivity index (χ0n) is 4.97. The van der Waals surface area contributed by atoms with Gasteiger partial charge in [-0.1, -0.05) is 11.6 Å². The highest BCUT2D eigenvalue weighted by Crippen LogP contribution is 1.96. The van der Waals surface area contributed by atoms with Gasteiger partial charge in [-0.2, -0.15) is 0 Å². The molecule has 0 aliphatic heterocycles. The quantitative estimate of drug-likeness (QED) is 0.303. The van der Waals surface area contributed by atoms with Gasteiger partial charge in [0, 0.05) is 0 Å². The second-order valence-corrected chi connectivity index (χ2v) is 2.56. The van der Waals surface area contributed by atoms with Gasteiger partial charge in [0.2, 0.25) is 0 Å². The van der Waals surface area contributed by atoms with E-state index in [-0.39, 0.29) is 5.11 Å². The largest absolute Gasteiger partial charge is 0.390 e. The third kappa shape index (κ3) is 4.44. The molecule has 0 saturated carbocycles. The van der Waals surface area contributed by atoms with Gasteiger partial charge in [-0.3, -0.25) is 0 Å². The van der Waals surface area contributed by atoms with Gasteiger partial charge in [0.25, 0.3) is 0 Å². The van der Waals surface area contributed by atoms with Gasteiger partial charge < -0.3 is 16.2 Å². The van der Waals surface area contributed by atoms with Crippen molar-refractivity contribution in [1.29, 1.82) is 0 Å². The second kappa shape index (κ2) is 3.87. The highest BCUT2D eigenvalue weighted by molar-refractivity contribution is 7.80. The van der Waals surface area contributed by atoms with E-state index < -0.39 is 11.6 Å². The molecule has 9 heavy (non-hydrogen) atoms. The molecule has 0 rings (SSSR count). The molecule has 0 aromatic heterocycles. The van der Waals surface area contributed by atoms with E-state index in [1.54, 1.807) is 6.92 Å². The van der Waals surface area contributed by atoms with Crippen LogP contribution < -0.4 is 11.1 Å². The minimum absolute atomic E-state index is 0.0934. The lowest BCUT2D eigenvalue weighted by Crippen LogP contribution is -2.40. The number of rotatable bonds is 2. The van der Waals surface area contributed by atoms with Crippen LogP contribution in [0.1, 0.15) is 6.92 Å². The number of aliphatic hydroxyl groups is 1. The Kier molecular flexibility index (Phi) is 3.84. The first-order valence-electron chi connectivity index (χ1n) is 2.42. The topological polar surface area (TPSA) is 58.3 Å². The van der Waals surface area contributed by atoms with Gasteiger partial charge in [0.1, 0.15) is 5.50 Å². The number of alkyl halides is 1. The number of hydrogen-bond acceptors (Lipinski definition) is 2. The van der Waals surface area contributed by atoms with E-state index in [1.165, 1.54) is 0 Å². The van der Waals surface area contributed by atoms with E-state index in [0.717, 1.165) is 0 Å². The zero-order chi connectivity index (χ0) is 7.44. The summed E-state index contributed by atoms with van der Waals surface area (Å²) in [6.45, 7) is 1.54. The molecule has 54 valence electrons. The molecular weight excluding hydrogens is 160 g/mol.